The Labute approximate surface area is 191 Å². The number of nitrogens with one attached hydrogen (secondary N) is 1. The summed E-state index contributed by atoms with van der Waals surface area (Å²) in [6.07, 6.45) is 0.676. The normalized spacial score (nSPS) is 10.8. The zero-order valence-electron chi connectivity index (χ0n) is 19.2. The first-order valence-corrected chi connectivity index (χ1v) is 10.4. The van der Waals surface area contributed by atoms with Crippen LogP contribution in [0.2, 0.25) is 0 Å². The molecule has 2 heterocycles. The number of aryl methyl sites for hydroxylation is 2. The van der Waals surface area contributed by atoms with E-state index in [9.17, 15) is 4.79 Å². The van der Waals surface area contributed by atoms with Gasteiger partial charge >= 0.3 is 0 Å². The van der Waals surface area contributed by atoms with Crippen LogP contribution in [0.25, 0.3) is 16.8 Å². The first-order chi connectivity index (χ1) is 16.0. The van der Waals surface area contributed by atoms with Crippen LogP contribution in [-0.2, 0) is 6.42 Å². The number of benzene rings is 2. The molecule has 0 atom stereocenters. The fraction of sp³-hybridized carbons (Fsp3) is 0.250. The maximum absolute atomic E-state index is 13.0. The van der Waals surface area contributed by atoms with Gasteiger partial charge in [0.05, 0.1) is 44.0 Å². The van der Waals surface area contributed by atoms with Gasteiger partial charge in [0.1, 0.15) is 5.75 Å². The summed E-state index contributed by atoms with van der Waals surface area (Å²) in [5.41, 5.74) is 4.41. The fourth-order valence-electron chi connectivity index (χ4n) is 3.72. The highest BCUT2D eigenvalue weighted by Crippen LogP contribution is 2.35. The third-order valence-electron chi connectivity index (χ3n) is 5.42. The molecule has 0 fully saturated rings. The number of rotatable bonds is 7. The molecule has 0 aliphatic carbocycles. The van der Waals surface area contributed by atoms with E-state index in [1.807, 2.05) is 37.3 Å². The number of nitrogens with zero attached hydrogens (tertiary/aromatic N) is 4. The van der Waals surface area contributed by atoms with Gasteiger partial charge in [-0.2, -0.15) is 5.10 Å². The minimum atomic E-state index is -0.396. The van der Waals surface area contributed by atoms with E-state index in [-0.39, 0.29) is 5.69 Å². The standard InChI is InChI=1S/C24H25N5O4/c1-6-16-21(15-11-12-19(32-4)20(13-15)33-5)23-27-26-22(14(2)29(23)28-16)24(30)25-17-9-7-8-10-18(17)31-3/h7-13H,6H2,1-5H3,(H,25,30). The van der Waals surface area contributed by atoms with Gasteiger partial charge in [-0.15, -0.1) is 10.2 Å². The molecule has 0 unspecified atom stereocenters. The highest BCUT2D eigenvalue weighted by Gasteiger charge is 2.22. The second-order valence-corrected chi connectivity index (χ2v) is 7.27. The van der Waals surface area contributed by atoms with Gasteiger partial charge in [-0.25, -0.2) is 4.52 Å². The molecule has 0 saturated heterocycles. The number of carbonyl (C=O) groups excluding carboxylic acids is 1. The monoisotopic (exact) mass is 447 g/mol. The van der Waals surface area contributed by atoms with E-state index in [2.05, 4.69) is 15.5 Å². The number of aromatic nitrogens is 4. The molecule has 0 spiro atoms. The first kappa shape index (κ1) is 22.1. The highest BCUT2D eigenvalue weighted by atomic mass is 16.5. The Hall–Kier alpha value is -4.14. The predicted octanol–water partition coefficient (Wildman–Crippen LogP) is 3.94. The van der Waals surface area contributed by atoms with E-state index in [1.165, 1.54) is 0 Å². The van der Waals surface area contributed by atoms with Crippen molar-refractivity contribution in [1.29, 1.82) is 0 Å². The van der Waals surface area contributed by atoms with Gasteiger partial charge in [-0.3, -0.25) is 4.79 Å². The van der Waals surface area contributed by atoms with Crippen molar-refractivity contribution in [3.05, 3.63) is 59.5 Å². The lowest BCUT2D eigenvalue weighted by molar-refractivity contribution is 0.101. The van der Waals surface area contributed by atoms with E-state index in [0.29, 0.717) is 40.7 Å². The Morgan fingerprint density at radius 2 is 1.70 bits per heavy atom. The number of fused-ring (bicyclic) bond motifs is 1. The molecule has 170 valence electrons. The van der Waals surface area contributed by atoms with Crippen molar-refractivity contribution in [3.8, 4) is 28.4 Å². The van der Waals surface area contributed by atoms with Crippen LogP contribution in [0.3, 0.4) is 0 Å². The fourth-order valence-corrected chi connectivity index (χ4v) is 3.72. The molecule has 0 bridgehead atoms. The molecule has 9 heteroatoms. The van der Waals surface area contributed by atoms with Crippen molar-refractivity contribution in [3.63, 3.8) is 0 Å². The third-order valence-corrected chi connectivity index (χ3v) is 5.42. The molecule has 2 aromatic heterocycles. The SMILES string of the molecule is CCc1nn2c(C)c(C(=O)Nc3ccccc3OC)nnc2c1-c1ccc(OC)c(OC)c1. The molecule has 0 saturated carbocycles. The predicted molar refractivity (Wildman–Crippen MR) is 124 cm³/mol. The lowest BCUT2D eigenvalue weighted by Gasteiger charge is -2.11. The lowest BCUT2D eigenvalue weighted by Crippen LogP contribution is -2.19. The van der Waals surface area contributed by atoms with E-state index in [1.54, 1.807) is 44.9 Å². The molecule has 2 aromatic carbocycles. The number of hydrogen-bond acceptors (Lipinski definition) is 7. The Bertz CT molecular complexity index is 1330. The first-order valence-electron chi connectivity index (χ1n) is 10.4. The minimum Gasteiger partial charge on any atom is -0.495 e. The van der Waals surface area contributed by atoms with Crippen molar-refractivity contribution in [2.75, 3.05) is 26.6 Å². The number of ether oxygens (including phenoxy) is 3. The Morgan fingerprint density at radius 3 is 2.39 bits per heavy atom. The Morgan fingerprint density at radius 1 is 0.970 bits per heavy atom. The van der Waals surface area contributed by atoms with Crippen LogP contribution in [-0.4, -0.2) is 47.0 Å². The van der Waals surface area contributed by atoms with Gasteiger partial charge in [-0.05, 0) is 43.2 Å². The summed E-state index contributed by atoms with van der Waals surface area (Å²) in [4.78, 5) is 13.0. The second-order valence-electron chi connectivity index (χ2n) is 7.27. The molecule has 0 radical (unpaired) electrons. The zero-order chi connectivity index (χ0) is 23.5. The summed E-state index contributed by atoms with van der Waals surface area (Å²) in [5, 5.41) is 16.2. The quantitative estimate of drug-likeness (QED) is 0.458. The summed E-state index contributed by atoms with van der Waals surface area (Å²) in [6, 6.07) is 12.8. The van der Waals surface area contributed by atoms with Crippen molar-refractivity contribution < 1.29 is 19.0 Å². The molecular formula is C24H25N5O4. The van der Waals surface area contributed by atoms with Crippen molar-refractivity contribution in [1.82, 2.24) is 19.8 Å². The van der Waals surface area contributed by atoms with Crippen LogP contribution in [0.15, 0.2) is 42.5 Å². The molecule has 1 N–H and O–H groups in total. The van der Waals surface area contributed by atoms with Crippen molar-refractivity contribution >= 4 is 17.2 Å². The van der Waals surface area contributed by atoms with Gasteiger partial charge < -0.3 is 19.5 Å². The van der Waals surface area contributed by atoms with Gasteiger partial charge in [0.2, 0.25) is 0 Å². The number of hydrogen-bond donors (Lipinski definition) is 1. The van der Waals surface area contributed by atoms with Crippen molar-refractivity contribution in [2.24, 2.45) is 0 Å². The molecule has 1 amide bonds. The number of methoxy groups -OCH3 is 3. The third kappa shape index (κ3) is 3.93. The average molecular weight is 447 g/mol. The van der Waals surface area contributed by atoms with Crippen LogP contribution in [0.1, 0.15) is 28.8 Å². The lowest BCUT2D eigenvalue weighted by atomic mass is 10.0. The minimum absolute atomic E-state index is 0.178. The molecule has 33 heavy (non-hydrogen) atoms. The molecule has 4 aromatic rings. The van der Waals surface area contributed by atoms with Crippen LogP contribution < -0.4 is 19.5 Å². The van der Waals surface area contributed by atoms with Crippen LogP contribution in [0.4, 0.5) is 5.69 Å². The second kappa shape index (κ2) is 9.15. The molecule has 4 rings (SSSR count). The molecule has 9 nitrogen and oxygen atoms in total. The van der Waals surface area contributed by atoms with Crippen molar-refractivity contribution in [2.45, 2.75) is 20.3 Å². The van der Waals surface area contributed by atoms with E-state index < -0.39 is 5.91 Å². The van der Waals surface area contributed by atoms with Crippen LogP contribution in [0.5, 0.6) is 17.2 Å². The topological polar surface area (TPSA) is 99.9 Å². The largest absolute Gasteiger partial charge is 0.495 e. The van der Waals surface area contributed by atoms with Crippen LogP contribution in [0, 0.1) is 6.92 Å². The molecule has 0 aliphatic heterocycles. The van der Waals surface area contributed by atoms with Gasteiger partial charge in [0.15, 0.2) is 22.8 Å². The maximum atomic E-state index is 13.0. The van der Waals surface area contributed by atoms with Crippen LogP contribution >= 0.6 is 0 Å². The highest BCUT2D eigenvalue weighted by molar-refractivity contribution is 6.04. The number of para-hydroxylation sites is 2. The summed E-state index contributed by atoms with van der Waals surface area (Å²) in [6.45, 7) is 3.81. The maximum Gasteiger partial charge on any atom is 0.278 e. The number of anilines is 1. The van der Waals surface area contributed by atoms with Gasteiger partial charge in [0, 0.05) is 0 Å². The van der Waals surface area contributed by atoms with Gasteiger partial charge in [0.25, 0.3) is 5.91 Å². The average Bonchev–Trinajstić information content (AvgIpc) is 3.23. The number of amides is 1. The summed E-state index contributed by atoms with van der Waals surface area (Å²) >= 11 is 0. The van der Waals surface area contributed by atoms with E-state index >= 15 is 0 Å². The molecular weight excluding hydrogens is 422 g/mol. The zero-order valence-corrected chi connectivity index (χ0v) is 19.2. The smallest absolute Gasteiger partial charge is 0.278 e. The summed E-state index contributed by atoms with van der Waals surface area (Å²) in [5.74, 6) is 1.40. The Kier molecular flexibility index (Phi) is 6.12. The molecule has 0 aliphatic rings. The Balaban J connectivity index is 1.79. The summed E-state index contributed by atoms with van der Waals surface area (Å²) < 4.78 is 17.8. The van der Waals surface area contributed by atoms with E-state index in [0.717, 1.165) is 16.8 Å². The van der Waals surface area contributed by atoms with Gasteiger partial charge in [-0.1, -0.05) is 25.1 Å². The van der Waals surface area contributed by atoms with E-state index in [4.69, 9.17) is 19.3 Å². The number of carbonyl (C=O) groups is 1. The summed E-state index contributed by atoms with van der Waals surface area (Å²) in [7, 11) is 4.74.